The van der Waals surface area contributed by atoms with E-state index in [4.69, 9.17) is 26.6 Å². The second-order valence-electron chi connectivity index (χ2n) is 8.57. The Morgan fingerprint density at radius 1 is 1.28 bits per heavy atom. The first-order valence-corrected chi connectivity index (χ1v) is 12.1. The Bertz CT molecular complexity index is 1310. The van der Waals surface area contributed by atoms with Crippen LogP contribution in [-0.4, -0.2) is 77.0 Å². The van der Waals surface area contributed by atoms with Gasteiger partial charge >= 0.3 is 0 Å². The summed E-state index contributed by atoms with van der Waals surface area (Å²) in [7, 11) is 0. The van der Waals surface area contributed by atoms with Crippen LogP contribution in [0.1, 0.15) is 17.8 Å². The van der Waals surface area contributed by atoms with Gasteiger partial charge in [0.1, 0.15) is 17.4 Å². The lowest BCUT2D eigenvalue weighted by Gasteiger charge is -2.35. The maximum atomic E-state index is 8.89. The average molecular weight is 508 g/mol. The number of piperazine rings is 1. The van der Waals surface area contributed by atoms with E-state index in [1.165, 1.54) is 0 Å². The fourth-order valence-corrected chi connectivity index (χ4v) is 4.34. The summed E-state index contributed by atoms with van der Waals surface area (Å²) in [6.45, 7) is 11.7. The van der Waals surface area contributed by atoms with Crippen LogP contribution in [0.3, 0.4) is 0 Å². The molecule has 0 bridgehead atoms. The lowest BCUT2D eigenvalue weighted by atomic mass is 10.2. The number of benzene rings is 1. The highest BCUT2D eigenvalue weighted by atomic mass is 35.5. The van der Waals surface area contributed by atoms with Crippen molar-refractivity contribution in [1.29, 1.82) is 5.26 Å². The molecule has 0 radical (unpaired) electrons. The molecular formula is C25H30ClN9O. The molecule has 1 aromatic carbocycles. The van der Waals surface area contributed by atoms with Crippen LogP contribution in [0.5, 0.6) is 5.75 Å². The summed E-state index contributed by atoms with van der Waals surface area (Å²) in [5, 5.41) is 20.6. The summed E-state index contributed by atoms with van der Waals surface area (Å²) in [6, 6.07) is 9.89. The fourth-order valence-electron chi connectivity index (χ4n) is 4.07. The molecule has 3 N–H and O–H groups in total. The number of amidine groups is 1. The topological polar surface area (TPSA) is 121 Å². The maximum Gasteiger partial charge on any atom is 0.181 e. The predicted molar refractivity (Wildman–Crippen MR) is 144 cm³/mol. The van der Waals surface area contributed by atoms with Crippen LogP contribution in [0.15, 0.2) is 46.1 Å². The second-order valence-corrected chi connectivity index (χ2v) is 8.94. The van der Waals surface area contributed by atoms with E-state index in [-0.39, 0.29) is 6.73 Å². The van der Waals surface area contributed by atoms with Crippen molar-refractivity contribution in [2.24, 2.45) is 9.98 Å². The summed E-state index contributed by atoms with van der Waals surface area (Å²) < 4.78 is 5.97. The van der Waals surface area contributed by atoms with Gasteiger partial charge < -0.3 is 19.9 Å². The Morgan fingerprint density at radius 2 is 2.08 bits per heavy atom. The third-order valence-corrected chi connectivity index (χ3v) is 6.31. The van der Waals surface area contributed by atoms with Crippen LogP contribution in [-0.2, 0) is 0 Å². The number of H-pyrrole nitrogens is 2. The number of nitrogens with one attached hydrogen (secondary N) is 3. The van der Waals surface area contributed by atoms with Crippen molar-refractivity contribution in [3.05, 3.63) is 52.6 Å². The highest BCUT2D eigenvalue weighted by molar-refractivity contribution is 6.37. The monoisotopic (exact) mass is 507 g/mol. The van der Waals surface area contributed by atoms with Gasteiger partial charge in [0.15, 0.2) is 12.5 Å². The standard InChI is InChI=1S/C25H30ClN9O/c1-17-13-19-20(30-17)5-6-21(25(19)26)36-16-29-24(35-11-9-34(10-12-35)8-4-7-27)15-22(28-3)31-23-14-18(2)32-33-23/h5-6,13-15,30H,3-4,8-12,16H2,1-2H3,(H2,31,32,33)/b22-15+,29-24+. The van der Waals surface area contributed by atoms with Crippen LogP contribution in [0.25, 0.3) is 10.9 Å². The van der Waals surface area contributed by atoms with Gasteiger partial charge in [-0.05, 0) is 38.8 Å². The van der Waals surface area contributed by atoms with Crippen LogP contribution in [0.2, 0.25) is 5.02 Å². The van der Waals surface area contributed by atoms with E-state index in [1.54, 1.807) is 0 Å². The zero-order valence-electron chi connectivity index (χ0n) is 20.5. The number of hydrogen-bond donors (Lipinski definition) is 3. The summed E-state index contributed by atoms with van der Waals surface area (Å²) in [4.78, 5) is 16.6. The molecule has 0 amide bonds. The van der Waals surface area contributed by atoms with Gasteiger partial charge in [0.25, 0.3) is 0 Å². The SMILES string of the molecule is C=N/C(=C\C(=N/COc1ccc2[nH]c(C)cc2c1Cl)N1CCN(CCC#N)CC1)Nc1cc(C)[nH]n1. The van der Waals surface area contributed by atoms with Crippen molar-refractivity contribution in [1.82, 2.24) is 25.0 Å². The molecule has 0 saturated carbocycles. The molecule has 4 rings (SSSR count). The summed E-state index contributed by atoms with van der Waals surface area (Å²) in [5.74, 6) is 2.45. The smallest absolute Gasteiger partial charge is 0.181 e. The van der Waals surface area contributed by atoms with E-state index in [9.17, 15) is 0 Å². The van der Waals surface area contributed by atoms with E-state index in [2.05, 4.69) is 48.1 Å². The van der Waals surface area contributed by atoms with Gasteiger partial charge in [0.2, 0.25) is 0 Å². The van der Waals surface area contributed by atoms with Gasteiger partial charge in [-0.1, -0.05) is 11.6 Å². The van der Waals surface area contributed by atoms with Gasteiger partial charge in [-0.3, -0.25) is 10.00 Å². The Balaban J connectivity index is 1.52. The number of rotatable bonds is 9. The summed E-state index contributed by atoms with van der Waals surface area (Å²) in [6.07, 6.45) is 2.36. The molecular weight excluding hydrogens is 478 g/mol. The predicted octanol–water partition coefficient (Wildman–Crippen LogP) is 4.08. The molecule has 3 aromatic rings. The highest BCUT2D eigenvalue weighted by Crippen LogP contribution is 2.33. The minimum atomic E-state index is 0.0844. The molecule has 3 heterocycles. The normalized spacial score (nSPS) is 15.2. The van der Waals surface area contributed by atoms with Crippen LogP contribution < -0.4 is 10.1 Å². The molecule has 36 heavy (non-hydrogen) atoms. The molecule has 1 saturated heterocycles. The first kappa shape index (κ1) is 25.3. The molecule has 0 spiro atoms. The summed E-state index contributed by atoms with van der Waals surface area (Å²) in [5.41, 5.74) is 2.93. The van der Waals surface area contributed by atoms with Crippen molar-refractivity contribution in [2.75, 3.05) is 44.8 Å². The zero-order valence-corrected chi connectivity index (χ0v) is 21.3. The summed E-state index contributed by atoms with van der Waals surface area (Å²) >= 11 is 6.59. The molecule has 0 unspecified atom stereocenters. The number of hydrogen-bond acceptors (Lipinski definition) is 7. The molecule has 188 valence electrons. The Kier molecular flexibility index (Phi) is 8.25. The number of halogens is 1. The van der Waals surface area contributed by atoms with Crippen LogP contribution in [0.4, 0.5) is 5.82 Å². The Hall–Kier alpha value is -3.81. The minimum Gasteiger partial charge on any atom is -0.470 e. The quantitative estimate of drug-likeness (QED) is 0.296. The number of anilines is 1. The van der Waals surface area contributed by atoms with E-state index < -0.39 is 0 Å². The number of nitriles is 1. The fraction of sp³-hybridized carbons (Fsp3) is 0.360. The van der Waals surface area contributed by atoms with Crippen molar-refractivity contribution < 1.29 is 4.74 Å². The van der Waals surface area contributed by atoms with E-state index in [1.807, 2.05) is 44.2 Å². The van der Waals surface area contributed by atoms with Crippen LogP contribution in [0, 0.1) is 25.2 Å². The maximum absolute atomic E-state index is 8.89. The second kappa shape index (κ2) is 11.7. The molecule has 1 fully saturated rings. The molecule has 10 nitrogen and oxygen atoms in total. The minimum absolute atomic E-state index is 0.0844. The number of aromatic nitrogens is 3. The number of aliphatic imine (C=N–C) groups is 2. The lowest BCUT2D eigenvalue weighted by molar-refractivity contribution is 0.185. The molecule has 2 aromatic heterocycles. The first-order chi connectivity index (χ1) is 17.5. The van der Waals surface area contributed by atoms with Crippen molar-refractivity contribution in [3.63, 3.8) is 0 Å². The van der Waals surface area contributed by atoms with Gasteiger partial charge in [0.05, 0.1) is 11.1 Å². The van der Waals surface area contributed by atoms with Crippen molar-refractivity contribution >= 4 is 40.9 Å². The number of aryl methyl sites for hydroxylation is 2. The third kappa shape index (κ3) is 6.24. The third-order valence-electron chi connectivity index (χ3n) is 5.92. The Morgan fingerprint density at radius 3 is 2.78 bits per heavy atom. The average Bonchev–Trinajstić information content (AvgIpc) is 3.47. The lowest BCUT2D eigenvalue weighted by Crippen LogP contribution is -2.48. The molecule has 0 atom stereocenters. The Labute approximate surface area is 215 Å². The number of nitrogens with zero attached hydrogens (tertiary/aromatic N) is 6. The van der Waals surface area contributed by atoms with Gasteiger partial charge in [-0.25, -0.2) is 9.98 Å². The van der Waals surface area contributed by atoms with E-state index in [0.29, 0.717) is 34.7 Å². The zero-order chi connectivity index (χ0) is 25.5. The van der Waals surface area contributed by atoms with E-state index in [0.717, 1.165) is 55.0 Å². The highest BCUT2D eigenvalue weighted by Gasteiger charge is 2.19. The number of ether oxygens (including phenoxy) is 1. The number of fused-ring (bicyclic) bond motifs is 1. The first-order valence-electron chi connectivity index (χ1n) is 11.7. The van der Waals surface area contributed by atoms with Gasteiger partial charge in [-0.2, -0.15) is 10.4 Å². The molecule has 0 aliphatic carbocycles. The molecule has 1 aliphatic rings. The van der Waals surface area contributed by atoms with Crippen LogP contribution >= 0.6 is 11.6 Å². The van der Waals surface area contributed by atoms with Crippen molar-refractivity contribution in [3.8, 4) is 11.8 Å². The molecule has 11 heteroatoms. The molecule has 1 aliphatic heterocycles. The van der Waals surface area contributed by atoms with Gasteiger partial charge in [-0.15, -0.1) is 0 Å². The largest absolute Gasteiger partial charge is 0.470 e. The van der Waals surface area contributed by atoms with Crippen molar-refractivity contribution in [2.45, 2.75) is 20.3 Å². The van der Waals surface area contributed by atoms with Gasteiger partial charge in [0, 0.05) is 73.6 Å². The number of aromatic amines is 2. The van der Waals surface area contributed by atoms with E-state index >= 15 is 0 Å².